The second-order valence-electron chi connectivity index (χ2n) is 6.59. The van der Waals surface area contributed by atoms with Gasteiger partial charge < -0.3 is 0 Å². The largest absolute Gasteiger partial charge is 0.292 e. The van der Waals surface area contributed by atoms with E-state index in [9.17, 15) is 0 Å². The Labute approximate surface area is 146 Å². The van der Waals surface area contributed by atoms with Crippen LogP contribution in [0.5, 0.6) is 0 Å². The Morgan fingerprint density at radius 1 is 0.680 bits per heavy atom. The molecular weight excluding hydrogens is 304 g/mol. The third kappa shape index (κ3) is 1.94. The number of aryl methyl sites for hydroxylation is 2. The van der Waals surface area contributed by atoms with Crippen LogP contribution in [0.1, 0.15) is 11.3 Å². The van der Waals surface area contributed by atoms with E-state index in [0.29, 0.717) is 0 Å². The molecule has 2 aromatic carbocycles. The highest BCUT2D eigenvalue weighted by molar-refractivity contribution is 6.06. The van der Waals surface area contributed by atoms with Crippen molar-refractivity contribution < 1.29 is 0 Å². The SMILES string of the molecule is Cc1ccc2c(-c3ccccc3)c(-c3ccccc3)c3c(C)nc1n23. The summed E-state index contributed by atoms with van der Waals surface area (Å²) in [6, 6.07) is 25.7. The summed E-state index contributed by atoms with van der Waals surface area (Å²) in [7, 11) is 0. The molecule has 0 saturated heterocycles. The Kier molecular flexibility index (Phi) is 2.95. The van der Waals surface area contributed by atoms with Crippen molar-refractivity contribution in [3.63, 3.8) is 0 Å². The molecule has 0 N–H and O–H groups in total. The predicted octanol–water partition coefficient (Wildman–Crippen LogP) is 5.88. The van der Waals surface area contributed by atoms with E-state index in [1.54, 1.807) is 0 Å². The van der Waals surface area contributed by atoms with Crippen LogP contribution in [0.2, 0.25) is 0 Å². The van der Waals surface area contributed by atoms with E-state index in [1.807, 2.05) is 0 Å². The van der Waals surface area contributed by atoms with Crippen LogP contribution in [0.15, 0.2) is 72.8 Å². The van der Waals surface area contributed by atoms with Gasteiger partial charge in [-0.15, -0.1) is 0 Å². The Morgan fingerprint density at radius 2 is 1.28 bits per heavy atom. The van der Waals surface area contributed by atoms with Crippen molar-refractivity contribution in [2.24, 2.45) is 0 Å². The number of nitrogens with zero attached hydrogens (tertiary/aromatic N) is 2. The van der Waals surface area contributed by atoms with Crippen molar-refractivity contribution in [3.8, 4) is 22.3 Å². The summed E-state index contributed by atoms with van der Waals surface area (Å²) in [5, 5.41) is 0. The van der Waals surface area contributed by atoms with Crippen LogP contribution in [0.3, 0.4) is 0 Å². The molecule has 2 nitrogen and oxygen atoms in total. The molecule has 120 valence electrons. The van der Waals surface area contributed by atoms with Crippen LogP contribution in [-0.4, -0.2) is 9.38 Å². The second kappa shape index (κ2) is 5.18. The number of benzene rings is 2. The highest BCUT2D eigenvalue weighted by atomic mass is 15.0. The third-order valence-corrected chi connectivity index (χ3v) is 5.00. The number of hydrogen-bond donors (Lipinski definition) is 0. The number of imidazole rings is 1. The molecule has 0 aliphatic heterocycles. The first kappa shape index (κ1) is 14.2. The molecule has 0 aliphatic carbocycles. The van der Waals surface area contributed by atoms with Gasteiger partial charge in [-0.3, -0.25) is 4.40 Å². The lowest BCUT2D eigenvalue weighted by molar-refractivity contribution is 1.25. The van der Waals surface area contributed by atoms with E-state index in [-0.39, 0.29) is 0 Å². The van der Waals surface area contributed by atoms with Crippen LogP contribution < -0.4 is 0 Å². The Hall–Kier alpha value is -3.13. The van der Waals surface area contributed by atoms with Crippen molar-refractivity contribution in [2.45, 2.75) is 13.8 Å². The highest BCUT2D eigenvalue weighted by Gasteiger charge is 2.23. The Bertz CT molecular complexity index is 1190. The van der Waals surface area contributed by atoms with E-state index in [0.717, 1.165) is 11.3 Å². The molecule has 5 rings (SSSR count). The molecule has 0 fully saturated rings. The zero-order chi connectivity index (χ0) is 17.0. The highest BCUT2D eigenvalue weighted by Crippen LogP contribution is 2.43. The lowest BCUT2D eigenvalue weighted by Gasteiger charge is -2.07. The van der Waals surface area contributed by atoms with Crippen LogP contribution in [-0.2, 0) is 0 Å². The summed E-state index contributed by atoms with van der Waals surface area (Å²) < 4.78 is 2.33. The molecular formula is C23H18N2. The molecule has 5 aromatic rings. The Balaban J connectivity index is 2.03. The number of rotatable bonds is 2. The van der Waals surface area contributed by atoms with Gasteiger partial charge in [-0.05, 0) is 36.6 Å². The van der Waals surface area contributed by atoms with Gasteiger partial charge in [-0.1, -0.05) is 66.7 Å². The normalized spacial score (nSPS) is 11.6. The van der Waals surface area contributed by atoms with E-state index in [1.165, 1.54) is 38.9 Å². The maximum atomic E-state index is 4.86. The maximum Gasteiger partial charge on any atom is 0.140 e. The van der Waals surface area contributed by atoms with E-state index >= 15 is 0 Å². The molecule has 0 unspecified atom stereocenters. The van der Waals surface area contributed by atoms with Crippen molar-refractivity contribution >= 4 is 16.7 Å². The van der Waals surface area contributed by atoms with Gasteiger partial charge in [0.05, 0.1) is 16.7 Å². The molecule has 0 amide bonds. The van der Waals surface area contributed by atoms with Crippen LogP contribution in [0.25, 0.3) is 38.9 Å². The number of aromatic nitrogens is 2. The standard InChI is InChI=1S/C23H18N2/c1-15-13-14-19-20(17-9-5-3-6-10-17)21(18-11-7-4-8-12-18)22-16(2)24-23(15)25(19)22/h3-14H,1-2H3. The summed E-state index contributed by atoms with van der Waals surface area (Å²) in [4.78, 5) is 4.86. The maximum absolute atomic E-state index is 4.86. The van der Waals surface area contributed by atoms with Gasteiger partial charge in [0.15, 0.2) is 0 Å². The van der Waals surface area contributed by atoms with Gasteiger partial charge in [0.1, 0.15) is 5.65 Å². The predicted molar refractivity (Wildman–Crippen MR) is 104 cm³/mol. The molecule has 0 saturated carbocycles. The number of pyridine rings is 1. The summed E-state index contributed by atoms with van der Waals surface area (Å²) >= 11 is 0. The van der Waals surface area contributed by atoms with Crippen LogP contribution in [0, 0.1) is 13.8 Å². The molecule has 0 spiro atoms. The van der Waals surface area contributed by atoms with Gasteiger partial charge >= 0.3 is 0 Å². The number of hydrogen-bond acceptors (Lipinski definition) is 1. The second-order valence-corrected chi connectivity index (χ2v) is 6.59. The average Bonchev–Trinajstić information content (AvgIpc) is 3.18. The molecule has 25 heavy (non-hydrogen) atoms. The van der Waals surface area contributed by atoms with Crippen LogP contribution in [0.4, 0.5) is 0 Å². The van der Waals surface area contributed by atoms with E-state index < -0.39 is 0 Å². The fraction of sp³-hybridized carbons (Fsp3) is 0.0870. The van der Waals surface area contributed by atoms with Crippen LogP contribution >= 0.6 is 0 Å². The first-order valence-electron chi connectivity index (χ1n) is 8.60. The van der Waals surface area contributed by atoms with Crippen molar-refractivity contribution in [1.29, 1.82) is 0 Å². The van der Waals surface area contributed by atoms with Crippen molar-refractivity contribution in [2.75, 3.05) is 0 Å². The van der Waals surface area contributed by atoms with Gasteiger partial charge in [0, 0.05) is 11.1 Å². The topological polar surface area (TPSA) is 17.3 Å². The lowest BCUT2D eigenvalue weighted by Crippen LogP contribution is -1.87. The van der Waals surface area contributed by atoms with E-state index in [2.05, 4.69) is 91.0 Å². The van der Waals surface area contributed by atoms with Gasteiger partial charge in [-0.25, -0.2) is 4.98 Å². The molecule has 0 radical (unpaired) electrons. The van der Waals surface area contributed by atoms with E-state index in [4.69, 9.17) is 4.98 Å². The summed E-state index contributed by atoms with van der Waals surface area (Å²) in [5.74, 6) is 0. The molecule has 0 bridgehead atoms. The Morgan fingerprint density at radius 3 is 1.92 bits per heavy atom. The fourth-order valence-corrected chi connectivity index (χ4v) is 3.90. The van der Waals surface area contributed by atoms with Crippen molar-refractivity contribution in [1.82, 2.24) is 9.38 Å². The molecule has 2 heteroatoms. The average molecular weight is 322 g/mol. The minimum absolute atomic E-state index is 1.06. The molecule has 0 atom stereocenters. The molecule has 3 heterocycles. The lowest BCUT2D eigenvalue weighted by atomic mass is 9.96. The quantitative estimate of drug-likeness (QED) is 0.397. The minimum atomic E-state index is 1.06. The zero-order valence-corrected chi connectivity index (χ0v) is 14.3. The van der Waals surface area contributed by atoms with Gasteiger partial charge in [0.25, 0.3) is 0 Å². The fourth-order valence-electron chi connectivity index (χ4n) is 3.90. The summed E-state index contributed by atoms with van der Waals surface area (Å²) in [6.07, 6.45) is 0. The summed E-state index contributed by atoms with van der Waals surface area (Å²) in [6.45, 7) is 4.24. The van der Waals surface area contributed by atoms with Gasteiger partial charge in [0.2, 0.25) is 0 Å². The molecule has 3 aromatic heterocycles. The zero-order valence-electron chi connectivity index (χ0n) is 14.3. The third-order valence-electron chi connectivity index (χ3n) is 5.00. The monoisotopic (exact) mass is 322 g/mol. The first-order valence-corrected chi connectivity index (χ1v) is 8.60. The smallest absolute Gasteiger partial charge is 0.140 e. The van der Waals surface area contributed by atoms with Crippen molar-refractivity contribution in [3.05, 3.63) is 84.1 Å². The first-order chi connectivity index (χ1) is 12.3. The molecule has 0 aliphatic rings. The van der Waals surface area contributed by atoms with Gasteiger partial charge in [-0.2, -0.15) is 0 Å². The summed E-state index contributed by atoms with van der Waals surface area (Å²) in [5.41, 5.74) is 10.8. The minimum Gasteiger partial charge on any atom is -0.292 e.